The van der Waals surface area contributed by atoms with Crippen molar-refractivity contribution in [3.63, 3.8) is 0 Å². The molecular weight excluding hydrogens is 223 g/mol. The summed E-state index contributed by atoms with van der Waals surface area (Å²) in [6, 6.07) is 3.42. The molecule has 1 aromatic carbocycles. The summed E-state index contributed by atoms with van der Waals surface area (Å²) in [5.74, 6) is 1.05. The van der Waals surface area contributed by atoms with E-state index in [-0.39, 0.29) is 12.4 Å². The highest BCUT2D eigenvalue weighted by Crippen LogP contribution is 2.35. The number of rotatable bonds is 4. The van der Waals surface area contributed by atoms with Crippen LogP contribution in [-0.4, -0.2) is 24.2 Å². The Morgan fingerprint density at radius 1 is 1.24 bits per heavy atom. The maximum atomic E-state index is 13.3. The van der Waals surface area contributed by atoms with Gasteiger partial charge in [-0.2, -0.15) is 5.12 Å². The van der Waals surface area contributed by atoms with Gasteiger partial charge in [0.15, 0.2) is 17.3 Å². The second-order valence-corrected chi connectivity index (χ2v) is 3.69. The van der Waals surface area contributed by atoms with Gasteiger partial charge in [0.05, 0.1) is 19.8 Å². The molecule has 1 N–H and O–H groups in total. The lowest BCUT2D eigenvalue weighted by Gasteiger charge is -2.12. The monoisotopic (exact) mass is 238 g/mol. The normalized spacial score (nSPS) is 13.8. The molecule has 0 saturated heterocycles. The van der Waals surface area contributed by atoms with Crippen LogP contribution in [0.3, 0.4) is 0 Å². The van der Waals surface area contributed by atoms with Crippen molar-refractivity contribution in [1.29, 1.82) is 5.41 Å². The molecule has 0 aromatic heterocycles. The number of halogens is 1. The van der Waals surface area contributed by atoms with Gasteiger partial charge in [-0.3, -0.25) is 5.41 Å². The SMILES string of the molecule is CCOc1cc2c(cc1OCC)C(=N)N(F)C2. The first-order valence-electron chi connectivity index (χ1n) is 5.62. The minimum absolute atomic E-state index is 0.0979. The van der Waals surface area contributed by atoms with Crippen LogP contribution < -0.4 is 9.47 Å². The Morgan fingerprint density at radius 2 is 1.82 bits per heavy atom. The number of hydrogen-bond donors (Lipinski definition) is 1. The van der Waals surface area contributed by atoms with Gasteiger partial charge in [0.1, 0.15) is 0 Å². The molecule has 17 heavy (non-hydrogen) atoms. The van der Waals surface area contributed by atoms with Gasteiger partial charge in [0.2, 0.25) is 0 Å². The molecule has 0 spiro atoms. The molecule has 4 nitrogen and oxygen atoms in total. The first kappa shape index (κ1) is 11.7. The van der Waals surface area contributed by atoms with Crippen molar-refractivity contribution in [2.24, 2.45) is 0 Å². The first-order valence-corrected chi connectivity index (χ1v) is 5.62. The van der Waals surface area contributed by atoms with E-state index >= 15 is 0 Å². The highest BCUT2D eigenvalue weighted by atomic mass is 19.2. The molecule has 0 aliphatic carbocycles. The number of nitrogens with one attached hydrogen (secondary N) is 1. The van der Waals surface area contributed by atoms with Crippen molar-refractivity contribution in [2.75, 3.05) is 13.2 Å². The number of nitrogens with zero attached hydrogens (tertiary/aromatic N) is 1. The molecule has 1 aromatic rings. The van der Waals surface area contributed by atoms with Crippen LogP contribution >= 0.6 is 0 Å². The molecule has 2 rings (SSSR count). The van der Waals surface area contributed by atoms with E-state index in [4.69, 9.17) is 14.9 Å². The second kappa shape index (κ2) is 4.61. The lowest BCUT2D eigenvalue weighted by molar-refractivity contribution is 0.120. The van der Waals surface area contributed by atoms with Gasteiger partial charge in [0.25, 0.3) is 0 Å². The Hall–Kier alpha value is -1.78. The molecule has 1 aliphatic heterocycles. The molecule has 1 aliphatic rings. The molecule has 92 valence electrons. The zero-order valence-electron chi connectivity index (χ0n) is 9.92. The standard InChI is InChI=1S/C12H15FN2O2/c1-3-16-10-5-8-7-15(13)12(14)9(8)6-11(10)17-4-2/h5-6,14H,3-4,7H2,1-2H3. The van der Waals surface area contributed by atoms with Crippen molar-refractivity contribution in [1.82, 2.24) is 5.12 Å². The molecule has 0 fully saturated rings. The molecular formula is C12H15FN2O2. The summed E-state index contributed by atoms with van der Waals surface area (Å²) in [5.41, 5.74) is 1.32. The minimum atomic E-state index is -0.121. The molecule has 1 heterocycles. The largest absolute Gasteiger partial charge is 0.490 e. The van der Waals surface area contributed by atoms with Gasteiger partial charge in [0, 0.05) is 5.56 Å². The quantitative estimate of drug-likeness (QED) is 0.820. The number of amidine groups is 1. The predicted octanol–water partition coefficient (Wildman–Crippen LogP) is 2.51. The van der Waals surface area contributed by atoms with Crippen LogP contribution in [0.1, 0.15) is 25.0 Å². The zero-order valence-corrected chi connectivity index (χ0v) is 9.92. The van der Waals surface area contributed by atoms with Crippen molar-refractivity contribution in [3.8, 4) is 11.5 Å². The van der Waals surface area contributed by atoms with E-state index in [9.17, 15) is 4.48 Å². The van der Waals surface area contributed by atoms with Crippen molar-refractivity contribution in [2.45, 2.75) is 20.4 Å². The summed E-state index contributed by atoms with van der Waals surface area (Å²) < 4.78 is 24.2. The molecule has 0 unspecified atom stereocenters. The topological polar surface area (TPSA) is 45.6 Å². The van der Waals surface area contributed by atoms with Crippen LogP contribution in [0.5, 0.6) is 11.5 Å². The predicted molar refractivity (Wildman–Crippen MR) is 62.3 cm³/mol. The van der Waals surface area contributed by atoms with Crippen LogP contribution in [0, 0.1) is 5.41 Å². The fourth-order valence-electron chi connectivity index (χ4n) is 1.85. The molecule has 0 saturated carbocycles. The van der Waals surface area contributed by atoms with Gasteiger partial charge >= 0.3 is 0 Å². The smallest absolute Gasteiger partial charge is 0.161 e. The van der Waals surface area contributed by atoms with Crippen LogP contribution in [0.4, 0.5) is 4.48 Å². The summed E-state index contributed by atoms with van der Waals surface area (Å²) >= 11 is 0. The summed E-state index contributed by atoms with van der Waals surface area (Å²) in [4.78, 5) is 0. The maximum absolute atomic E-state index is 13.3. The fourth-order valence-corrected chi connectivity index (χ4v) is 1.85. The van der Waals surface area contributed by atoms with Crippen molar-refractivity contribution < 1.29 is 14.0 Å². The number of fused-ring (bicyclic) bond motifs is 1. The van der Waals surface area contributed by atoms with E-state index in [0.29, 0.717) is 35.4 Å². The molecule has 0 bridgehead atoms. The molecule has 0 radical (unpaired) electrons. The lowest BCUT2D eigenvalue weighted by atomic mass is 10.1. The van der Waals surface area contributed by atoms with E-state index in [2.05, 4.69) is 0 Å². The zero-order chi connectivity index (χ0) is 12.4. The summed E-state index contributed by atoms with van der Waals surface area (Å²) in [6.45, 7) is 4.88. The van der Waals surface area contributed by atoms with Gasteiger partial charge in [-0.15, -0.1) is 0 Å². The second-order valence-electron chi connectivity index (χ2n) is 3.69. The maximum Gasteiger partial charge on any atom is 0.161 e. The van der Waals surface area contributed by atoms with Crippen LogP contribution in [0.2, 0.25) is 0 Å². The highest BCUT2D eigenvalue weighted by molar-refractivity contribution is 6.00. The molecule has 5 heteroatoms. The van der Waals surface area contributed by atoms with Gasteiger partial charge in [-0.25, -0.2) is 0 Å². The van der Waals surface area contributed by atoms with Crippen molar-refractivity contribution in [3.05, 3.63) is 23.3 Å². The number of hydrogen-bond acceptors (Lipinski definition) is 3. The van der Waals surface area contributed by atoms with E-state index in [1.807, 2.05) is 13.8 Å². The van der Waals surface area contributed by atoms with Gasteiger partial charge in [-0.05, 0) is 31.5 Å². The molecule has 0 amide bonds. The third-order valence-corrected chi connectivity index (χ3v) is 2.58. The number of benzene rings is 1. The van der Waals surface area contributed by atoms with Crippen molar-refractivity contribution >= 4 is 5.84 Å². The molecule has 0 atom stereocenters. The third kappa shape index (κ3) is 2.05. The highest BCUT2D eigenvalue weighted by Gasteiger charge is 2.26. The van der Waals surface area contributed by atoms with Crippen LogP contribution in [0.15, 0.2) is 12.1 Å². The van der Waals surface area contributed by atoms with E-state index < -0.39 is 0 Å². The average Bonchev–Trinajstić information content (AvgIpc) is 2.57. The Kier molecular flexibility index (Phi) is 3.17. The van der Waals surface area contributed by atoms with E-state index in [1.54, 1.807) is 12.1 Å². The van der Waals surface area contributed by atoms with Crippen LogP contribution in [-0.2, 0) is 6.54 Å². The summed E-state index contributed by atoms with van der Waals surface area (Å²) in [5, 5.41) is 8.01. The minimum Gasteiger partial charge on any atom is -0.490 e. The van der Waals surface area contributed by atoms with E-state index in [0.717, 1.165) is 5.56 Å². The Morgan fingerprint density at radius 3 is 2.41 bits per heavy atom. The Labute approximate surface area is 99.4 Å². The lowest BCUT2D eigenvalue weighted by Crippen LogP contribution is -2.12. The average molecular weight is 238 g/mol. The Bertz CT molecular complexity index is 448. The van der Waals surface area contributed by atoms with Gasteiger partial charge in [-0.1, -0.05) is 4.48 Å². The first-order chi connectivity index (χ1) is 8.17. The van der Waals surface area contributed by atoms with Gasteiger partial charge < -0.3 is 9.47 Å². The third-order valence-electron chi connectivity index (χ3n) is 2.58. The van der Waals surface area contributed by atoms with E-state index in [1.165, 1.54) is 0 Å². The number of ether oxygens (including phenoxy) is 2. The Balaban J connectivity index is 2.43. The van der Waals surface area contributed by atoms with Crippen LogP contribution in [0.25, 0.3) is 0 Å². The fraction of sp³-hybridized carbons (Fsp3) is 0.417. The summed E-state index contributed by atoms with van der Waals surface area (Å²) in [6.07, 6.45) is 0. The summed E-state index contributed by atoms with van der Waals surface area (Å²) in [7, 11) is 0.